The number of carbonyl (C=O) groups excluding carboxylic acids is 1. The van der Waals surface area contributed by atoms with Crippen LogP contribution >= 0.6 is 0 Å². The van der Waals surface area contributed by atoms with E-state index in [1.807, 2.05) is 39.8 Å². The Morgan fingerprint density at radius 2 is 1.92 bits per heavy atom. The third kappa shape index (κ3) is 4.79. The second-order valence-corrected chi connectivity index (χ2v) is 6.46. The summed E-state index contributed by atoms with van der Waals surface area (Å²) in [5.74, 6) is -0.285. The first kappa shape index (κ1) is 18.9. The zero-order valence-electron chi connectivity index (χ0n) is 15.4. The van der Waals surface area contributed by atoms with Gasteiger partial charge in [0.05, 0.1) is 17.9 Å². The number of carbonyl (C=O) groups is 1. The molecule has 2 aromatic rings. The number of hydrogen-bond acceptors (Lipinski definition) is 3. The third-order valence-corrected chi connectivity index (χ3v) is 4.37. The van der Waals surface area contributed by atoms with Crippen LogP contribution in [0.4, 0.5) is 9.18 Å². The number of nitrogens with one attached hydrogen (secondary N) is 2. The van der Waals surface area contributed by atoms with Crippen LogP contribution in [-0.2, 0) is 0 Å². The Balaban J connectivity index is 2.01. The first-order valence-electron chi connectivity index (χ1n) is 8.31. The van der Waals surface area contributed by atoms with Gasteiger partial charge in [0.25, 0.3) is 0 Å². The molecule has 25 heavy (non-hydrogen) atoms. The Hall–Kier alpha value is -2.41. The molecular weight excluding hydrogens is 321 g/mol. The minimum absolute atomic E-state index is 0.191. The van der Waals surface area contributed by atoms with Gasteiger partial charge in [0, 0.05) is 23.8 Å². The molecule has 7 heteroatoms. The number of urea groups is 1. The van der Waals surface area contributed by atoms with Gasteiger partial charge < -0.3 is 15.5 Å². The summed E-state index contributed by atoms with van der Waals surface area (Å²) < 4.78 is 14.8. The van der Waals surface area contributed by atoms with Crippen molar-refractivity contribution in [3.8, 4) is 5.69 Å². The molecule has 2 amide bonds. The average molecular weight is 347 g/mol. The van der Waals surface area contributed by atoms with Gasteiger partial charge >= 0.3 is 6.03 Å². The first-order valence-corrected chi connectivity index (χ1v) is 8.31. The van der Waals surface area contributed by atoms with Crippen molar-refractivity contribution in [2.75, 3.05) is 20.6 Å². The van der Waals surface area contributed by atoms with E-state index in [0.717, 1.165) is 16.9 Å². The molecule has 0 saturated heterocycles. The van der Waals surface area contributed by atoms with Gasteiger partial charge in [-0.05, 0) is 59.1 Å². The van der Waals surface area contributed by atoms with Crippen LogP contribution in [0.5, 0.6) is 0 Å². The molecule has 2 N–H and O–H groups in total. The van der Waals surface area contributed by atoms with E-state index in [0.29, 0.717) is 6.54 Å². The number of amides is 2. The summed E-state index contributed by atoms with van der Waals surface area (Å²) in [5.41, 5.74) is 2.60. The molecule has 0 saturated carbocycles. The minimum atomic E-state index is -0.285. The maximum absolute atomic E-state index is 13.1. The fourth-order valence-electron chi connectivity index (χ4n) is 2.44. The lowest BCUT2D eigenvalue weighted by atomic mass is 10.1. The van der Waals surface area contributed by atoms with Crippen LogP contribution in [0.1, 0.15) is 31.1 Å². The molecule has 2 atom stereocenters. The number of aromatic nitrogens is 2. The maximum Gasteiger partial charge on any atom is 0.315 e. The van der Waals surface area contributed by atoms with E-state index < -0.39 is 0 Å². The zero-order valence-corrected chi connectivity index (χ0v) is 15.4. The monoisotopic (exact) mass is 347 g/mol. The summed E-state index contributed by atoms with van der Waals surface area (Å²) in [6.45, 7) is 6.45. The smallest absolute Gasteiger partial charge is 0.315 e. The van der Waals surface area contributed by atoms with Crippen LogP contribution in [-0.4, -0.2) is 47.4 Å². The first-order chi connectivity index (χ1) is 11.8. The lowest BCUT2D eigenvalue weighted by Crippen LogP contribution is -2.43. The third-order valence-electron chi connectivity index (χ3n) is 4.37. The molecule has 0 unspecified atom stereocenters. The van der Waals surface area contributed by atoms with Crippen molar-refractivity contribution in [3.63, 3.8) is 0 Å². The Bertz CT molecular complexity index is 711. The molecular formula is C18H26FN5O. The fraction of sp³-hybridized carbons (Fsp3) is 0.444. The van der Waals surface area contributed by atoms with E-state index >= 15 is 0 Å². The summed E-state index contributed by atoms with van der Waals surface area (Å²) in [6, 6.07) is 6.00. The summed E-state index contributed by atoms with van der Waals surface area (Å²) in [6.07, 6.45) is 1.73. The molecule has 6 nitrogen and oxygen atoms in total. The van der Waals surface area contributed by atoms with Crippen LogP contribution in [0.3, 0.4) is 0 Å². The molecule has 0 fully saturated rings. The van der Waals surface area contributed by atoms with Crippen LogP contribution in [0.2, 0.25) is 0 Å². The van der Waals surface area contributed by atoms with Crippen LogP contribution in [0, 0.1) is 12.7 Å². The molecule has 136 valence electrons. The number of nitrogens with zero attached hydrogens (tertiary/aromatic N) is 3. The average Bonchev–Trinajstić information content (AvgIpc) is 2.95. The van der Waals surface area contributed by atoms with Gasteiger partial charge in [-0.25, -0.2) is 13.9 Å². The highest BCUT2D eigenvalue weighted by Gasteiger charge is 2.16. The Morgan fingerprint density at radius 3 is 2.52 bits per heavy atom. The van der Waals surface area contributed by atoms with Gasteiger partial charge in [0.2, 0.25) is 0 Å². The van der Waals surface area contributed by atoms with Gasteiger partial charge in [-0.15, -0.1) is 0 Å². The van der Waals surface area contributed by atoms with E-state index in [2.05, 4.69) is 15.7 Å². The predicted molar refractivity (Wildman–Crippen MR) is 96.4 cm³/mol. The number of benzene rings is 1. The molecule has 0 spiro atoms. The molecule has 1 heterocycles. The topological polar surface area (TPSA) is 62.2 Å². The van der Waals surface area contributed by atoms with Crippen molar-refractivity contribution in [2.45, 2.75) is 32.9 Å². The standard InChI is InChI=1S/C18H26FN5O/c1-12(23(4)5)10-20-18(25)22-13(2)17-11-21-24(14(17)3)16-8-6-15(19)7-9-16/h6-9,11-13H,10H2,1-5H3,(H2,20,22,25)/t12-,13-/m0/s1. The molecule has 2 rings (SSSR count). The van der Waals surface area contributed by atoms with Crippen molar-refractivity contribution >= 4 is 6.03 Å². The highest BCUT2D eigenvalue weighted by molar-refractivity contribution is 5.74. The molecule has 1 aromatic carbocycles. The van der Waals surface area contributed by atoms with Crippen molar-refractivity contribution < 1.29 is 9.18 Å². The van der Waals surface area contributed by atoms with E-state index in [-0.39, 0.29) is 23.9 Å². The Labute approximate surface area is 148 Å². The number of hydrogen-bond donors (Lipinski definition) is 2. The summed E-state index contributed by atoms with van der Waals surface area (Å²) in [7, 11) is 3.94. The molecule has 1 aromatic heterocycles. The fourth-order valence-corrected chi connectivity index (χ4v) is 2.44. The van der Waals surface area contributed by atoms with E-state index in [9.17, 15) is 9.18 Å². The van der Waals surface area contributed by atoms with Crippen molar-refractivity contribution in [1.82, 2.24) is 25.3 Å². The molecule has 0 aliphatic rings. The summed E-state index contributed by atoms with van der Waals surface area (Å²) in [4.78, 5) is 14.1. The van der Waals surface area contributed by atoms with Gasteiger partial charge in [-0.2, -0.15) is 5.10 Å². The maximum atomic E-state index is 13.1. The second kappa shape index (κ2) is 8.11. The highest BCUT2D eigenvalue weighted by Crippen LogP contribution is 2.20. The van der Waals surface area contributed by atoms with E-state index in [1.165, 1.54) is 12.1 Å². The lowest BCUT2D eigenvalue weighted by molar-refractivity contribution is 0.231. The van der Waals surface area contributed by atoms with Gasteiger partial charge in [-0.3, -0.25) is 0 Å². The van der Waals surface area contributed by atoms with E-state index in [1.54, 1.807) is 23.0 Å². The second-order valence-electron chi connectivity index (χ2n) is 6.46. The van der Waals surface area contributed by atoms with Crippen molar-refractivity contribution in [3.05, 3.63) is 47.5 Å². The normalized spacial score (nSPS) is 13.6. The highest BCUT2D eigenvalue weighted by atomic mass is 19.1. The SMILES string of the molecule is Cc1c([C@H](C)NC(=O)NC[C@H](C)N(C)C)cnn1-c1ccc(F)cc1. The molecule has 0 radical (unpaired) electrons. The number of likely N-dealkylation sites (N-methyl/N-ethyl adjacent to an activating group) is 1. The predicted octanol–water partition coefficient (Wildman–Crippen LogP) is 2.63. The largest absolute Gasteiger partial charge is 0.337 e. The molecule has 0 bridgehead atoms. The number of halogens is 1. The van der Waals surface area contributed by atoms with Crippen LogP contribution in [0.15, 0.2) is 30.5 Å². The molecule has 0 aliphatic carbocycles. The van der Waals surface area contributed by atoms with Crippen molar-refractivity contribution in [2.24, 2.45) is 0 Å². The van der Waals surface area contributed by atoms with Gasteiger partial charge in [0.1, 0.15) is 5.82 Å². The Kier molecular flexibility index (Phi) is 6.14. The van der Waals surface area contributed by atoms with E-state index in [4.69, 9.17) is 0 Å². The minimum Gasteiger partial charge on any atom is -0.337 e. The Morgan fingerprint density at radius 1 is 1.28 bits per heavy atom. The van der Waals surface area contributed by atoms with Crippen LogP contribution < -0.4 is 10.6 Å². The quantitative estimate of drug-likeness (QED) is 0.844. The zero-order chi connectivity index (χ0) is 18.6. The number of rotatable bonds is 6. The molecule has 0 aliphatic heterocycles. The summed E-state index contributed by atoms with van der Waals surface area (Å²) >= 11 is 0. The van der Waals surface area contributed by atoms with Crippen molar-refractivity contribution in [1.29, 1.82) is 0 Å². The lowest BCUT2D eigenvalue weighted by Gasteiger charge is -2.21. The summed E-state index contributed by atoms with van der Waals surface area (Å²) in [5, 5.41) is 10.1. The van der Waals surface area contributed by atoms with Gasteiger partial charge in [-0.1, -0.05) is 0 Å². The van der Waals surface area contributed by atoms with Crippen LogP contribution in [0.25, 0.3) is 5.69 Å². The van der Waals surface area contributed by atoms with Gasteiger partial charge in [0.15, 0.2) is 0 Å².